The zero-order chi connectivity index (χ0) is 12.4. The van der Waals surface area contributed by atoms with Crippen LogP contribution in [0, 0.1) is 17.8 Å². The van der Waals surface area contributed by atoms with Crippen LogP contribution in [0.3, 0.4) is 0 Å². The molecule has 2 aliphatic rings. The maximum atomic E-state index is 5.49. The molecule has 18 heavy (non-hydrogen) atoms. The van der Waals surface area contributed by atoms with Gasteiger partial charge in [0.05, 0.1) is 12.2 Å². The van der Waals surface area contributed by atoms with Crippen molar-refractivity contribution < 1.29 is 0 Å². The highest BCUT2D eigenvalue weighted by molar-refractivity contribution is 4.95. The number of hydrogen-bond acceptors (Lipinski definition) is 4. The molecular weight excluding hydrogens is 226 g/mol. The quantitative estimate of drug-likeness (QED) is 0.714. The summed E-state index contributed by atoms with van der Waals surface area (Å²) in [6.45, 7) is 3.35. The molecule has 0 saturated heterocycles. The lowest BCUT2D eigenvalue weighted by Crippen LogP contribution is -2.25. The van der Waals surface area contributed by atoms with Gasteiger partial charge in [0.2, 0.25) is 0 Å². The second kappa shape index (κ2) is 5.36. The number of hydrogen-bond donors (Lipinski definition) is 2. The first-order valence-electron chi connectivity index (χ1n) is 7.16. The van der Waals surface area contributed by atoms with Crippen LogP contribution in [-0.4, -0.2) is 28.1 Å². The van der Waals surface area contributed by atoms with Gasteiger partial charge in [0, 0.05) is 19.3 Å². The molecule has 100 valence electrons. The highest BCUT2D eigenvalue weighted by Gasteiger charge is 2.40. The summed E-state index contributed by atoms with van der Waals surface area (Å²) in [5.41, 5.74) is 6.51. The van der Waals surface area contributed by atoms with E-state index >= 15 is 0 Å². The minimum atomic E-state index is 0.613. The summed E-state index contributed by atoms with van der Waals surface area (Å²) in [6, 6.07) is 0. The van der Waals surface area contributed by atoms with Crippen molar-refractivity contribution in [1.29, 1.82) is 0 Å². The van der Waals surface area contributed by atoms with E-state index in [1.165, 1.54) is 25.7 Å². The van der Waals surface area contributed by atoms with E-state index in [-0.39, 0.29) is 0 Å². The monoisotopic (exact) mass is 249 g/mol. The van der Waals surface area contributed by atoms with Crippen molar-refractivity contribution in [1.82, 2.24) is 20.3 Å². The Kier molecular flexibility index (Phi) is 3.61. The SMILES string of the molecule is NCCn1cc(CNCC(C2CC2)C2CC2)nn1. The number of nitrogens with one attached hydrogen (secondary N) is 1. The summed E-state index contributed by atoms with van der Waals surface area (Å²) < 4.78 is 1.82. The smallest absolute Gasteiger partial charge is 0.0964 e. The molecule has 2 saturated carbocycles. The Morgan fingerprint density at radius 2 is 2.06 bits per heavy atom. The highest BCUT2D eigenvalue weighted by atomic mass is 15.4. The molecular formula is C13H23N5. The first-order valence-corrected chi connectivity index (χ1v) is 7.16. The van der Waals surface area contributed by atoms with Crippen LogP contribution in [0.5, 0.6) is 0 Å². The molecule has 1 heterocycles. The van der Waals surface area contributed by atoms with Gasteiger partial charge >= 0.3 is 0 Å². The molecule has 0 radical (unpaired) electrons. The van der Waals surface area contributed by atoms with Crippen LogP contribution in [0.1, 0.15) is 31.4 Å². The van der Waals surface area contributed by atoms with Crippen molar-refractivity contribution in [3.63, 3.8) is 0 Å². The maximum Gasteiger partial charge on any atom is 0.0964 e. The van der Waals surface area contributed by atoms with Gasteiger partial charge in [0.15, 0.2) is 0 Å². The third kappa shape index (κ3) is 3.09. The van der Waals surface area contributed by atoms with Crippen LogP contribution in [-0.2, 0) is 13.1 Å². The van der Waals surface area contributed by atoms with Gasteiger partial charge in [-0.05, 0) is 50.0 Å². The molecule has 0 aliphatic heterocycles. The van der Waals surface area contributed by atoms with E-state index in [1.807, 2.05) is 10.9 Å². The Morgan fingerprint density at radius 1 is 1.33 bits per heavy atom. The van der Waals surface area contributed by atoms with Gasteiger partial charge in [0.25, 0.3) is 0 Å². The molecule has 2 fully saturated rings. The van der Waals surface area contributed by atoms with Crippen LogP contribution in [0.15, 0.2) is 6.20 Å². The number of nitrogens with two attached hydrogens (primary N) is 1. The third-order valence-electron chi connectivity index (χ3n) is 4.09. The van der Waals surface area contributed by atoms with E-state index in [4.69, 9.17) is 5.73 Å². The first kappa shape index (κ1) is 12.1. The van der Waals surface area contributed by atoms with E-state index in [0.29, 0.717) is 6.54 Å². The lowest BCUT2D eigenvalue weighted by molar-refractivity contribution is 0.377. The molecule has 0 bridgehead atoms. The lowest BCUT2D eigenvalue weighted by atomic mass is 9.98. The van der Waals surface area contributed by atoms with E-state index in [2.05, 4.69) is 15.6 Å². The molecule has 0 amide bonds. The minimum Gasteiger partial charge on any atom is -0.329 e. The Hall–Kier alpha value is -0.940. The molecule has 0 aromatic carbocycles. The van der Waals surface area contributed by atoms with Gasteiger partial charge in [-0.3, -0.25) is 4.68 Å². The van der Waals surface area contributed by atoms with Gasteiger partial charge in [0.1, 0.15) is 0 Å². The fourth-order valence-corrected chi connectivity index (χ4v) is 2.79. The second-order valence-corrected chi connectivity index (χ2v) is 5.73. The molecule has 3 N–H and O–H groups in total. The second-order valence-electron chi connectivity index (χ2n) is 5.73. The van der Waals surface area contributed by atoms with Crippen molar-refractivity contribution in [2.45, 2.75) is 38.8 Å². The topological polar surface area (TPSA) is 68.8 Å². The summed E-state index contributed by atoms with van der Waals surface area (Å²) >= 11 is 0. The average Bonchev–Trinajstić information content (AvgIpc) is 3.27. The number of aromatic nitrogens is 3. The largest absolute Gasteiger partial charge is 0.329 e. The molecule has 3 rings (SSSR count). The summed E-state index contributed by atoms with van der Waals surface area (Å²) in [5.74, 6) is 2.94. The van der Waals surface area contributed by atoms with Gasteiger partial charge in [-0.25, -0.2) is 0 Å². The third-order valence-corrected chi connectivity index (χ3v) is 4.09. The zero-order valence-corrected chi connectivity index (χ0v) is 10.9. The van der Waals surface area contributed by atoms with Crippen molar-refractivity contribution in [2.24, 2.45) is 23.5 Å². The molecule has 1 aromatic rings. The summed E-state index contributed by atoms with van der Waals surface area (Å²) in [6.07, 6.45) is 7.80. The van der Waals surface area contributed by atoms with Crippen LogP contribution in [0.2, 0.25) is 0 Å². The van der Waals surface area contributed by atoms with Gasteiger partial charge in [-0.1, -0.05) is 5.21 Å². The fraction of sp³-hybridized carbons (Fsp3) is 0.846. The highest BCUT2D eigenvalue weighted by Crippen LogP contribution is 2.48. The Bertz CT molecular complexity index is 368. The van der Waals surface area contributed by atoms with E-state index < -0.39 is 0 Å². The molecule has 0 spiro atoms. The van der Waals surface area contributed by atoms with Crippen LogP contribution >= 0.6 is 0 Å². The number of rotatable bonds is 8. The van der Waals surface area contributed by atoms with Crippen molar-refractivity contribution in [2.75, 3.05) is 13.1 Å². The standard InChI is InChI=1S/C13H23N5/c14-5-6-18-9-12(16-17-18)7-15-8-13(10-1-2-10)11-3-4-11/h9-11,13,15H,1-8,14H2. The first-order chi connectivity index (χ1) is 8.86. The van der Waals surface area contributed by atoms with Crippen LogP contribution in [0.4, 0.5) is 0 Å². The Labute approximate surface area is 108 Å². The van der Waals surface area contributed by atoms with Gasteiger partial charge in [-0.2, -0.15) is 0 Å². The zero-order valence-electron chi connectivity index (χ0n) is 10.9. The predicted molar refractivity (Wildman–Crippen MR) is 69.7 cm³/mol. The van der Waals surface area contributed by atoms with Crippen molar-refractivity contribution >= 4 is 0 Å². The summed E-state index contributed by atoms with van der Waals surface area (Å²) in [5, 5.41) is 11.7. The minimum absolute atomic E-state index is 0.613. The fourth-order valence-electron chi connectivity index (χ4n) is 2.79. The number of nitrogens with zero attached hydrogens (tertiary/aromatic N) is 3. The van der Waals surface area contributed by atoms with Gasteiger partial charge < -0.3 is 11.1 Å². The lowest BCUT2D eigenvalue weighted by Gasteiger charge is -2.15. The normalized spacial score (nSPS) is 19.7. The molecule has 2 aliphatic carbocycles. The van der Waals surface area contributed by atoms with Crippen LogP contribution < -0.4 is 11.1 Å². The average molecular weight is 249 g/mol. The predicted octanol–water partition coefficient (Wildman–Crippen LogP) is 0.763. The van der Waals surface area contributed by atoms with E-state index in [1.54, 1.807) is 0 Å². The molecule has 5 heteroatoms. The Balaban J connectivity index is 1.42. The molecule has 0 atom stereocenters. The molecule has 0 unspecified atom stereocenters. The maximum absolute atomic E-state index is 5.49. The summed E-state index contributed by atoms with van der Waals surface area (Å²) in [4.78, 5) is 0. The summed E-state index contributed by atoms with van der Waals surface area (Å²) in [7, 11) is 0. The van der Waals surface area contributed by atoms with Crippen LogP contribution in [0.25, 0.3) is 0 Å². The van der Waals surface area contributed by atoms with Gasteiger partial charge in [-0.15, -0.1) is 5.10 Å². The van der Waals surface area contributed by atoms with Crippen molar-refractivity contribution in [3.05, 3.63) is 11.9 Å². The van der Waals surface area contributed by atoms with E-state index in [0.717, 1.165) is 43.1 Å². The van der Waals surface area contributed by atoms with E-state index in [9.17, 15) is 0 Å². The Morgan fingerprint density at radius 3 is 2.67 bits per heavy atom. The molecule has 5 nitrogen and oxygen atoms in total. The molecule has 1 aromatic heterocycles. The van der Waals surface area contributed by atoms with Crippen molar-refractivity contribution in [3.8, 4) is 0 Å².